The minimum Gasteiger partial charge on any atom is -0.378 e. The summed E-state index contributed by atoms with van der Waals surface area (Å²) < 4.78 is 7.59. The topological polar surface area (TPSA) is 60.3 Å². The van der Waals surface area contributed by atoms with Crippen LogP contribution < -0.4 is 4.90 Å². The number of nitrogens with zero attached hydrogens (tertiary/aromatic N) is 4. The molecule has 0 saturated carbocycles. The number of morpholine rings is 1. The molecule has 0 amide bonds. The third kappa shape index (κ3) is 4.47. The average molecular weight is 395 g/mol. The van der Waals surface area contributed by atoms with E-state index < -0.39 is 0 Å². The highest BCUT2D eigenvalue weighted by atomic mass is 32.2. The predicted octanol–water partition coefficient (Wildman–Crippen LogP) is 3.42. The number of aromatic nitrogens is 3. The molecular weight excluding hydrogens is 368 g/mol. The van der Waals surface area contributed by atoms with Crippen LogP contribution in [0.2, 0.25) is 0 Å². The Labute approximate surface area is 162 Å². The van der Waals surface area contributed by atoms with Gasteiger partial charge in [0.05, 0.1) is 19.0 Å². The molecule has 2 aromatic heterocycles. The van der Waals surface area contributed by atoms with Gasteiger partial charge in [-0.25, -0.2) is 0 Å². The van der Waals surface area contributed by atoms with Gasteiger partial charge in [-0.2, -0.15) is 0 Å². The molecule has 0 radical (unpaired) electrons. The minimum atomic E-state index is 0.156. The fraction of sp³-hybridized carbons (Fsp3) is 0.611. The van der Waals surface area contributed by atoms with Crippen molar-refractivity contribution in [3.63, 3.8) is 0 Å². The Balaban J connectivity index is 1.75. The molecule has 0 aliphatic carbocycles. The summed E-state index contributed by atoms with van der Waals surface area (Å²) in [5, 5.41) is 9.62. The maximum atomic E-state index is 12.6. The van der Waals surface area contributed by atoms with Gasteiger partial charge in [0.25, 0.3) is 0 Å². The van der Waals surface area contributed by atoms with E-state index in [4.69, 9.17) is 4.74 Å². The Kier molecular flexibility index (Phi) is 6.37. The number of thioether (sulfide) groups is 1. The summed E-state index contributed by atoms with van der Waals surface area (Å²) >= 11 is 3.15. The van der Waals surface area contributed by atoms with E-state index in [0.29, 0.717) is 24.9 Å². The summed E-state index contributed by atoms with van der Waals surface area (Å²) in [6, 6.07) is 1.99. The van der Waals surface area contributed by atoms with Crippen molar-refractivity contribution in [3.05, 3.63) is 21.4 Å². The highest BCUT2D eigenvalue weighted by molar-refractivity contribution is 7.99. The molecular formula is C18H26N4O2S2. The Morgan fingerprint density at radius 3 is 2.65 bits per heavy atom. The summed E-state index contributed by atoms with van der Waals surface area (Å²) in [6.45, 7) is 12.3. The van der Waals surface area contributed by atoms with Crippen LogP contribution in [-0.4, -0.2) is 52.6 Å². The maximum Gasteiger partial charge on any atom is 0.228 e. The molecule has 1 aliphatic heterocycles. The summed E-state index contributed by atoms with van der Waals surface area (Å²) in [5.41, 5.74) is 0.836. The average Bonchev–Trinajstić information content (AvgIpc) is 3.15. The van der Waals surface area contributed by atoms with Crippen LogP contribution >= 0.6 is 23.1 Å². The number of thiophene rings is 1. The quantitative estimate of drug-likeness (QED) is 0.530. The predicted molar refractivity (Wildman–Crippen MR) is 107 cm³/mol. The SMILES string of the molecule is Cc1cc(C(=O)CSc2nnc(N3CCOCC3)n2CC(C)C)c(C)s1. The number of hydrogen-bond donors (Lipinski definition) is 0. The van der Waals surface area contributed by atoms with Gasteiger partial charge in [-0.05, 0) is 25.8 Å². The number of Topliss-reactive ketones (excluding diaryl/α,β-unsaturated/α-hetero) is 1. The molecule has 0 aromatic carbocycles. The molecule has 1 aliphatic rings. The Hall–Kier alpha value is -1.38. The fourth-order valence-corrected chi connectivity index (χ4v) is 4.79. The lowest BCUT2D eigenvalue weighted by Crippen LogP contribution is -2.38. The molecule has 1 fully saturated rings. The van der Waals surface area contributed by atoms with E-state index in [1.54, 1.807) is 11.3 Å². The molecule has 26 heavy (non-hydrogen) atoms. The third-order valence-corrected chi connectivity index (χ3v) is 6.15. The van der Waals surface area contributed by atoms with Crippen LogP contribution in [0, 0.1) is 19.8 Å². The summed E-state index contributed by atoms with van der Waals surface area (Å²) in [4.78, 5) is 17.1. The van der Waals surface area contributed by atoms with Gasteiger partial charge in [0.2, 0.25) is 5.95 Å². The number of aryl methyl sites for hydroxylation is 2. The van der Waals surface area contributed by atoms with Crippen LogP contribution in [0.15, 0.2) is 11.2 Å². The van der Waals surface area contributed by atoms with Gasteiger partial charge in [-0.15, -0.1) is 21.5 Å². The highest BCUT2D eigenvalue weighted by Gasteiger charge is 2.22. The van der Waals surface area contributed by atoms with Gasteiger partial charge in [-0.1, -0.05) is 25.6 Å². The zero-order valence-electron chi connectivity index (χ0n) is 15.8. The number of rotatable bonds is 7. The standard InChI is InChI=1S/C18H26N4O2S2/c1-12(2)10-22-17(21-5-7-24-8-6-21)19-20-18(22)25-11-16(23)15-9-13(3)26-14(15)4/h9,12H,5-8,10-11H2,1-4H3. The summed E-state index contributed by atoms with van der Waals surface area (Å²) in [5.74, 6) is 1.90. The minimum absolute atomic E-state index is 0.156. The molecule has 2 aromatic rings. The van der Waals surface area contributed by atoms with E-state index >= 15 is 0 Å². The van der Waals surface area contributed by atoms with E-state index in [1.807, 2.05) is 19.9 Å². The number of hydrogen-bond acceptors (Lipinski definition) is 7. The number of anilines is 1. The lowest BCUT2D eigenvalue weighted by molar-refractivity contribution is 0.102. The summed E-state index contributed by atoms with van der Waals surface area (Å²) in [7, 11) is 0. The van der Waals surface area contributed by atoms with E-state index in [9.17, 15) is 4.79 Å². The van der Waals surface area contributed by atoms with Crippen LogP contribution in [0.3, 0.4) is 0 Å². The van der Waals surface area contributed by atoms with E-state index in [-0.39, 0.29) is 5.78 Å². The first-order valence-electron chi connectivity index (χ1n) is 8.94. The lowest BCUT2D eigenvalue weighted by atomic mass is 10.2. The molecule has 3 heterocycles. The zero-order valence-corrected chi connectivity index (χ0v) is 17.5. The maximum absolute atomic E-state index is 12.6. The smallest absolute Gasteiger partial charge is 0.228 e. The van der Waals surface area contributed by atoms with E-state index in [2.05, 4.69) is 33.5 Å². The first-order valence-corrected chi connectivity index (χ1v) is 10.7. The van der Waals surface area contributed by atoms with Crippen molar-refractivity contribution in [1.82, 2.24) is 14.8 Å². The largest absolute Gasteiger partial charge is 0.378 e. The Morgan fingerprint density at radius 1 is 1.31 bits per heavy atom. The van der Waals surface area contributed by atoms with Crippen molar-refractivity contribution in [2.24, 2.45) is 5.92 Å². The highest BCUT2D eigenvalue weighted by Crippen LogP contribution is 2.27. The van der Waals surface area contributed by atoms with E-state index in [1.165, 1.54) is 16.6 Å². The summed E-state index contributed by atoms with van der Waals surface area (Å²) in [6.07, 6.45) is 0. The molecule has 1 saturated heterocycles. The first-order chi connectivity index (χ1) is 12.5. The fourth-order valence-electron chi connectivity index (χ4n) is 3.03. The third-order valence-electron chi connectivity index (χ3n) is 4.21. The second-order valence-electron chi connectivity index (χ2n) is 6.93. The molecule has 8 heteroatoms. The van der Waals surface area contributed by atoms with Gasteiger partial charge in [0.15, 0.2) is 10.9 Å². The molecule has 3 rings (SSSR count). The van der Waals surface area contributed by atoms with Crippen LogP contribution in [0.5, 0.6) is 0 Å². The van der Waals surface area contributed by atoms with Crippen molar-refractivity contribution in [3.8, 4) is 0 Å². The molecule has 142 valence electrons. The Bertz CT molecular complexity index is 763. The lowest BCUT2D eigenvalue weighted by Gasteiger charge is -2.28. The molecule has 6 nitrogen and oxygen atoms in total. The van der Waals surface area contributed by atoms with E-state index in [0.717, 1.165) is 41.2 Å². The molecule has 0 unspecified atom stereocenters. The van der Waals surface area contributed by atoms with Gasteiger partial charge in [0.1, 0.15) is 0 Å². The number of carbonyl (C=O) groups is 1. The van der Waals surface area contributed by atoms with Crippen molar-refractivity contribution < 1.29 is 9.53 Å². The normalized spacial score (nSPS) is 15.0. The van der Waals surface area contributed by atoms with Crippen molar-refractivity contribution in [2.45, 2.75) is 39.4 Å². The van der Waals surface area contributed by atoms with Gasteiger partial charge in [-0.3, -0.25) is 9.36 Å². The van der Waals surface area contributed by atoms with Crippen LogP contribution in [0.4, 0.5) is 5.95 Å². The monoisotopic (exact) mass is 394 g/mol. The second-order valence-corrected chi connectivity index (χ2v) is 9.33. The zero-order chi connectivity index (χ0) is 18.7. The van der Waals surface area contributed by atoms with Crippen LogP contribution in [0.1, 0.15) is 34.0 Å². The second kappa shape index (κ2) is 8.54. The number of ether oxygens (including phenoxy) is 1. The van der Waals surface area contributed by atoms with Crippen molar-refractivity contribution in [2.75, 3.05) is 37.0 Å². The van der Waals surface area contributed by atoms with Gasteiger partial charge < -0.3 is 9.64 Å². The number of carbonyl (C=O) groups excluding carboxylic acids is 1. The molecule has 0 spiro atoms. The number of ketones is 1. The van der Waals surface area contributed by atoms with Crippen LogP contribution in [0.25, 0.3) is 0 Å². The molecule has 0 N–H and O–H groups in total. The molecule has 0 bridgehead atoms. The van der Waals surface area contributed by atoms with Crippen molar-refractivity contribution >= 4 is 34.8 Å². The van der Waals surface area contributed by atoms with Crippen LogP contribution in [-0.2, 0) is 11.3 Å². The van der Waals surface area contributed by atoms with Gasteiger partial charge in [0, 0.05) is 35.0 Å². The molecule has 0 atom stereocenters. The van der Waals surface area contributed by atoms with Crippen molar-refractivity contribution in [1.29, 1.82) is 0 Å². The Morgan fingerprint density at radius 2 is 2.04 bits per heavy atom. The first kappa shape index (κ1) is 19.4. The van der Waals surface area contributed by atoms with Gasteiger partial charge >= 0.3 is 0 Å².